The molecule has 1 amide bonds. The van der Waals surface area contributed by atoms with E-state index >= 15 is 0 Å². The van der Waals surface area contributed by atoms with Gasteiger partial charge in [-0.25, -0.2) is 0 Å². The molecule has 2 unspecified atom stereocenters. The molecule has 4 aromatic carbocycles. The second-order valence-electron chi connectivity index (χ2n) is 9.40. The van der Waals surface area contributed by atoms with Gasteiger partial charge in [0.25, 0.3) is 5.91 Å². The van der Waals surface area contributed by atoms with Crippen molar-refractivity contribution in [3.8, 4) is 0 Å². The Balaban J connectivity index is 1.56. The summed E-state index contributed by atoms with van der Waals surface area (Å²) >= 11 is 6.26. The summed E-state index contributed by atoms with van der Waals surface area (Å²) in [4.78, 5) is 15.8. The maximum Gasteiger partial charge on any atom is 0.257 e. The van der Waals surface area contributed by atoms with Crippen LogP contribution in [0.3, 0.4) is 0 Å². The minimum Gasteiger partial charge on any atom is -0.394 e. The van der Waals surface area contributed by atoms with Gasteiger partial charge in [-0.1, -0.05) is 84.4 Å². The topological polar surface area (TPSA) is 49.8 Å². The number of rotatable bonds is 7. The SMILES string of the molecule is O=C1c2ccccc2C(OC(CO)C2CC2)(c2ccc(Cl)cc2)N1Cc1cccc2ccccc12. The fourth-order valence-electron chi connectivity index (χ4n) is 5.33. The van der Waals surface area contributed by atoms with Crippen LogP contribution in [0, 0.1) is 5.92 Å². The lowest BCUT2D eigenvalue weighted by molar-refractivity contribution is -0.164. The molecule has 1 aliphatic carbocycles. The van der Waals surface area contributed by atoms with Crippen LogP contribution in [0.15, 0.2) is 91.0 Å². The van der Waals surface area contributed by atoms with E-state index in [4.69, 9.17) is 16.3 Å². The van der Waals surface area contributed by atoms with E-state index in [0.29, 0.717) is 17.1 Å². The maximum absolute atomic E-state index is 14.0. The lowest BCUT2D eigenvalue weighted by Gasteiger charge is -2.42. The fourth-order valence-corrected chi connectivity index (χ4v) is 5.46. The van der Waals surface area contributed by atoms with Crippen molar-refractivity contribution in [2.75, 3.05) is 6.61 Å². The number of fused-ring (bicyclic) bond motifs is 2. The Morgan fingerprint density at radius 2 is 1.66 bits per heavy atom. The predicted molar refractivity (Wildman–Crippen MR) is 137 cm³/mol. The maximum atomic E-state index is 14.0. The summed E-state index contributed by atoms with van der Waals surface area (Å²) in [6.45, 7) is 0.263. The van der Waals surface area contributed by atoms with Gasteiger partial charge in [-0.3, -0.25) is 9.69 Å². The summed E-state index contributed by atoms with van der Waals surface area (Å²) in [5.41, 5.74) is 2.10. The second kappa shape index (κ2) is 8.80. The number of ether oxygens (including phenoxy) is 1. The highest BCUT2D eigenvalue weighted by Gasteiger charge is 2.54. The van der Waals surface area contributed by atoms with Crippen molar-refractivity contribution in [1.29, 1.82) is 0 Å². The molecule has 4 aromatic rings. The number of aliphatic hydroxyl groups is 1. The Bertz CT molecular complexity index is 1390. The van der Waals surface area contributed by atoms with Crippen LogP contribution >= 0.6 is 11.6 Å². The molecule has 0 spiro atoms. The zero-order valence-electron chi connectivity index (χ0n) is 19.2. The Kier molecular flexibility index (Phi) is 5.60. The van der Waals surface area contributed by atoms with Crippen LogP contribution < -0.4 is 0 Å². The molecule has 5 heteroatoms. The van der Waals surface area contributed by atoms with Crippen LogP contribution in [-0.2, 0) is 17.0 Å². The molecule has 0 radical (unpaired) electrons. The van der Waals surface area contributed by atoms with Gasteiger partial charge in [-0.05, 0) is 53.3 Å². The summed E-state index contributed by atoms with van der Waals surface area (Å²) in [5, 5.41) is 13.1. The molecule has 1 heterocycles. The number of amides is 1. The quantitative estimate of drug-likeness (QED) is 0.343. The predicted octanol–water partition coefficient (Wildman–Crippen LogP) is 6.14. The van der Waals surface area contributed by atoms with E-state index in [2.05, 4.69) is 24.3 Å². The molecular weight excluding hydrogens is 458 g/mol. The normalized spacial score (nSPS) is 20.3. The minimum absolute atomic E-state index is 0.0871. The molecule has 1 aliphatic heterocycles. The van der Waals surface area contributed by atoms with Gasteiger partial charge in [-0.15, -0.1) is 0 Å². The van der Waals surface area contributed by atoms with E-state index in [1.165, 1.54) is 0 Å². The van der Waals surface area contributed by atoms with Gasteiger partial charge in [0.2, 0.25) is 0 Å². The molecular formula is C30H26ClNO3. The molecule has 0 bridgehead atoms. The number of hydrogen-bond acceptors (Lipinski definition) is 3. The van der Waals surface area contributed by atoms with Crippen molar-refractivity contribution in [3.63, 3.8) is 0 Å². The monoisotopic (exact) mass is 483 g/mol. The first kappa shape index (κ1) is 22.3. The third kappa shape index (κ3) is 3.73. The van der Waals surface area contributed by atoms with Crippen molar-refractivity contribution in [2.45, 2.75) is 31.2 Å². The van der Waals surface area contributed by atoms with Crippen molar-refractivity contribution >= 4 is 28.3 Å². The molecule has 6 rings (SSSR count). The first-order valence-electron chi connectivity index (χ1n) is 12.0. The average Bonchev–Trinajstić information content (AvgIpc) is 3.71. The molecule has 1 saturated carbocycles. The Labute approximate surface area is 209 Å². The largest absolute Gasteiger partial charge is 0.394 e. The van der Waals surface area contributed by atoms with Gasteiger partial charge in [0.1, 0.15) is 0 Å². The summed E-state index contributed by atoms with van der Waals surface area (Å²) in [6.07, 6.45) is 1.65. The molecule has 176 valence electrons. The zero-order valence-corrected chi connectivity index (χ0v) is 20.0. The van der Waals surface area contributed by atoms with Crippen molar-refractivity contribution in [3.05, 3.63) is 118 Å². The first-order valence-corrected chi connectivity index (χ1v) is 12.4. The van der Waals surface area contributed by atoms with Crippen LogP contribution in [0.5, 0.6) is 0 Å². The van der Waals surface area contributed by atoms with Crippen LogP contribution in [0.2, 0.25) is 5.02 Å². The van der Waals surface area contributed by atoms with Crippen LogP contribution in [0.4, 0.5) is 0 Å². The molecule has 1 N–H and O–H groups in total. The molecule has 0 aromatic heterocycles. The second-order valence-corrected chi connectivity index (χ2v) is 9.84. The Hall–Kier alpha value is -3.18. The summed E-state index contributed by atoms with van der Waals surface area (Å²) in [5.74, 6) is 0.197. The highest BCUT2D eigenvalue weighted by atomic mass is 35.5. The molecule has 1 fully saturated rings. The van der Waals surface area contributed by atoms with E-state index in [1.807, 2.05) is 71.6 Å². The van der Waals surface area contributed by atoms with Crippen molar-refractivity contribution < 1.29 is 14.6 Å². The number of aliphatic hydroxyl groups excluding tert-OH is 1. The average molecular weight is 484 g/mol. The Morgan fingerprint density at radius 3 is 2.43 bits per heavy atom. The highest BCUT2D eigenvalue weighted by molar-refractivity contribution is 6.30. The summed E-state index contributed by atoms with van der Waals surface area (Å²) in [6, 6.07) is 29.5. The van der Waals surface area contributed by atoms with E-state index in [0.717, 1.165) is 40.3 Å². The number of nitrogens with zero attached hydrogens (tertiary/aromatic N) is 1. The number of hydrogen-bond donors (Lipinski definition) is 1. The first-order chi connectivity index (χ1) is 17.1. The number of carbonyl (C=O) groups is 1. The van der Waals surface area contributed by atoms with E-state index in [1.54, 1.807) is 0 Å². The lowest BCUT2D eigenvalue weighted by atomic mass is 9.92. The van der Waals surface area contributed by atoms with Gasteiger partial charge in [-0.2, -0.15) is 0 Å². The third-order valence-electron chi connectivity index (χ3n) is 7.24. The van der Waals surface area contributed by atoms with Crippen molar-refractivity contribution in [2.24, 2.45) is 5.92 Å². The van der Waals surface area contributed by atoms with Gasteiger partial charge >= 0.3 is 0 Å². The molecule has 2 atom stereocenters. The minimum atomic E-state index is -1.18. The van der Waals surface area contributed by atoms with Gasteiger partial charge in [0.15, 0.2) is 5.72 Å². The zero-order chi connectivity index (χ0) is 24.0. The lowest BCUT2D eigenvalue weighted by Crippen LogP contribution is -2.49. The smallest absolute Gasteiger partial charge is 0.257 e. The molecule has 4 nitrogen and oxygen atoms in total. The van der Waals surface area contributed by atoms with Crippen LogP contribution in [0.25, 0.3) is 10.8 Å². The number of benzene rings is 4. The Morgan fingerprint density at radius 1 is 0.943 bits per heavy atom. The van der Waals surface area contributed by atoms with E-state index in [9.17, 15) is 9.90 Å². The van der Waals surface area contributed by atoms with E-state index in [-0.39, 0.29) is 24.5 Å². The van der Waals surface area contributed by atoms with Crippen LogP contribution in [-0.4, -0.2) is 28.6 Å². The standard InChI is InChI=1S/C30H26ClNO3/c31-24-16-14-23(15-17-24)30(35-28(19-33)21-12-13-21)27-11-4-3-10-26(27)29(34)32(30)18-22-8-5-7-20-6-1-2-9-25(20)22/h1-11,14-17,21,28,33H,12-13,18-19H2. The van der Waals surface area contributed by atoms with E-state index < -0.39 is 5.72 Å². The van der Waals surface area contributed by atoms with Gasteiger partial charge in [0, 0.05) is 21.7 Å². The fraction of sp³-hybridized carbons (Fsp3) is 0.233. The number of halogens is 1. The summed E-state index contributed by atoms with van der Waals surface area (Å²) in [7, 11) is 0. The molecule has 0 saturated heterocycles. The third-order valence-corrected chi connectivity index (χ3v) is 7.49. The van der Waals surface area contributed by atoms with Crippen LogP contribution in [0.1, 0.15) is 39.9 Å². The summed E-state index contributed by atoms with van der Waals surface area (Å²) < 4.78 is 6.90. The van der Waals surface area contributed by atoms with Crippen molar-refractivity contribution in [1.82, 2.24) is 4.90 Å². The number of carbonyl (C=O) groups excluding carboxylic acids is 1. The van der Waals surface area contributed by atoms with Gasteiger partial charge < -0.3 is 9.84 Å². The highest BCUT2D eigenvalue weighted by Crippen LogP contribution is 2.49. The molecule has 2 aliphatic rings. The molecule has 35 heavy (non-hydrogen) atoms. The van der Waals surface area contributed by atoms with Gasteiger partial charge in [0.05, 0.1) is 19.3 Å².